The van der Waals surface area contributed by atoms with Crippen LogP contribution in [0.15, 0.2) is 82.6 Å². The first kappa shape index (κ1) is 50.8. The molecule has 0 spiro atoms. The highest BCUT2D eigenvalue weighted by Gasteiger charge is 2.32. The molecule has 2 amide bonds. The fourth-order valence-corrected chi connectivity index (χ4v) is 15.0. The van der Waals surface area contributed by atoms with Crippen LogP contribution in [0, 0.1) is 11.8 Å². The minimum atomic E-state index is -0.0631. The van der Waals surface area contributed by atoms with Crippen LogP contribution in [-0.2, 0) is 22.7 Å². The van der Waals surface area contributed by atoms with E-state index < -0.39 is 0 Å². The first-order valence-corrected chi connectivity index (χ1v) is 30.0. The summed E-state index contributed by atoms with van der Waals surface area (Å²) in [5.74, 6) is 0.943. The number of likely N-dealkylation sites (N-methyl/N-ethyl adjacent to an activating group) is 2. The molecule has 0 N–H and O–H groups in total. The van der Waals surface area contributed by atoms with Crippen LogP contribution in [0.25, 0.3) is 100 Å². The third-order valence-corrected chi connectivity index (χ3v) is 19.1. The summed E-state index contributed by atoms with van der Waals surface area (Å²) in [7, 11) is 0. The zero-order valence-corrected chi connectivity index (χ0v) is 47.5. The summed E-state index contributed by atoms with van der Waals surface area (Å²) in [6.07, 6.45) is 13.2. The van der Waals surface area contributed by atoms with E-state index in [1.165, 1.54) is 129 Å². The van der Waals surface area contributed by atoms with E-state index >= 15 is 0 Å². The molecule has 2 atom stereocenters. The molecule has 2 aliphatic rings. The number of thioether (sulfide) groups is 2. The van der Waals surface area contributed by atoms with E-state index in [4.69, 9.17) is 41.9 Å². The Morgan fingerprint density at radius 1 is 0.514 bits per heavy atom. The molecule has 6 heterocycles. The van der Waals surface area contributed by atoms with E-state index in [0.717, 1.165) is 81.4 Å². The van der Waals surface area contributed by atoms with Gasteiger partial charge in [0.05, 0.1) is 33.3 Å². The molecule has 2 fully saturated rings. The summed E-state index contributed by atoms with van der Waals surface area (Å²) >= 11 is 16.2. The molecular formula is C58H58N8O2S6. The number of thiocarbonyl (C=S) groups is 2. The maximum Gasteiger partial charge on any atom is 0.266 e. The molecule has 4 aromatic heterocycles. The average Bonchev–Trinajstić information content (AvgIpc) is 4.29. The number of carbonyl (C=O) groups excluding carboxylic acids is 2. The van der Waals surface area contributed by atoms with Crippen LogP contribution in [0.2, 0.25) is 0 Å². The molecule has 16 heteroatoms. The third-order valence-electron chi connectivity index (χ3n) is 15.3. The highest BCUT2D eigenvalue weighted by molar-refractivity contribution is 8.27. The van der Waals surface area contributed by atoms with Gasteiger partial charge in [0.25, 0.3) is 11.8 Å². The van der Waals surface area contributed by atoms with Gasteiger partial charge in [0.2, 0.25) is 0 Å². The lowest BCUT2D eigenvalue weighted by Crippen LogP contribution is -2.27. The van der Waals surface area contributed by atoms with Gasteiger partial charge in [-0.1, -0.05) is 151 Å². The van der Waals surface area contributed by atoms with Crippen molar-refractivity contribution in [1.82, 2.24) is 36.4 Å². The number of benzene rings is 5. The quantitative estimate of drug-likeness (QED) is 0.0610. The number of unbranched alkanes of at least 4 members (excludes halogenated alkanes) is 2. The number of fused-ring (bicyclic) bond motifs is 8. The van der Waals surface area contributed by atoms with Gasteiger partial charge in [-0.15, -0.1) is 0 Å². The Bertz CT molecular complexity index is 3560. The molecule has 378 valence electrons. The largest absolute Gasteiger partial charge is 0.340 e. The second-order valence-corrected chi connectivity index (χ2v) is 24.0. The molecule has 2 unspecified atom stereocenters. The molecular weight excluding hydrogens is 1030 g/mol. The average molecular weight is 1090 g/mol. The van der Waals surface area contributed by atoms with Crippen molar-refractivity contribution < 1.29 is 9.59 Å². The number of amides is 2. The summed E-state index contributed by atoms with van der Waals surface area (Å²) in [5, 5.41) is 4.93. The van der Waals surface area contributed by atoms with Gasteiger partial charge >= 0.3 is 0 Å². The van der Waals surface area contributed by atoms with Crippen LogP contribution in [0.1, 0.15) is 104 Å². The van der Waals surface area contributed by atoms with E-state index in [9.17, 15) is 9.59 Å². The van der Waals surface area contributed by atoms with Crippen molar-refractivity contribution in [2.75, 3.05) is 13.1 Å². The van der Waals surface area contributed by atoms with Crippen molar-refractivity contribution in [3.8, 4) is 22.3 Å². The SMILES string of the molecule is CCCCC(CC)Cn1c2ccc(-c3ccc(/C=C4\SC(=S)N(CC)C4=O)c4nsnc34)cc2c2cc3c(cc21)c1cc(-c2ccc(/C=C4\SC(=S)N(CC)C4=O)c4nsnc24)ccc1n3CC(CC)CCCC. The van der Waals surface area contributed by atoms with Crippen molar-refractivity contribution in [3.63, 3.8) is 0 Å². The van der Waals surface area contributed by atoms with Crippen LogP contribution in [0.5, 0.6) is 0 Å². The van der Waals surface area contributed by atoms with Crippen LogP contribution in [-0.4, -0.2) is 70.0 Å². The Morgan fingerprint density at radius 3 is 1.30 bits per heavy atom. The molecule has 74 heavy (non-hydrogen) atoms. The van der Waals surface area contributed by atoms with Gasteiger partial charge in [0, 0.05) is 92.0 Å². The molecule has 0 radical (unpaired) electrons. The smallest absolute Gasteiger partial charge is 0.266 e. The molecule has 2 aliphatic heterocycles. The Balaban J connectivity index is 1.09. The van der Waals surface area contributed by atoms with E-state index in [1.54, 1.807) is 9.80 Å². The molecule has 0 bridgehead atoms. The Morgan fingerprint density at radius 2 is 0.919 bits per heavy atom. The number of hydrogen-bond acceptors (Lipinski definition) is 12. The van der Waals surface area contributed by atoms with Gasteiger partial charge in [-0.25, -0.2) is 0 Å². The predicted octanol–water partition coefficient (Wildman–Crippen LogP) is 16.1. The molecule has 0 aliphatic carbocycles. The van der Waals surface area contributed by atoms with Crippen LogP contribution in [0.4, 0.5) is 0 Å². The predicted molar refractivity (Wildman–Crippen MR) is 323 cm³/mol. The molecule has 11 rings (SSSR count). The zero-order chi connectivity index (χ0) is 51.4. The molecule has 10 nitrogen and oxygen atoms in total. The van der Waals surface area contributed by atoms with E-state index in [1.807, 2.05) is 26.0 Å². The van der Waals surface area contributed by atoms with Crippen LogP contribution < -0.4 is 0 Å². The summed E-state index contributed by atoms with van der Waals surface area (Å²) < 4.78 is 25.7. The van der Waals surface area contributed by atoms with Crippen LogP contribution >= 0.6 is 71.4 Å². The van der Waals surface area contributed by atoms with Gasteiger partial charge in [-0.3, -0.25) is 19.4 Å². The Kier molecular flexibility index (Phi) is 14.6. The van der Waals surface area contributed by atoms with Crippen molar-refractivity contribution in [2.24, 2.45) is 11.8 Å². The third kappa shape index (κ3) is 9.00. The normalized spacial score (nSPS) is 16.5. The molecule has 5 aromatic carbocycles. The topological polar surface area (TPSA) is 102 Å². The van der Waals surface area contributed by atoms with E-state index in [-0.39, 0.29) is 11.8 Å². The lowest BCUT2D eigenvalue weighted by Gasteiger charge is -2.18. The summed E-state index contributed by atoms with van der Waals surface area (Å²) in [5.41, 5.74) is 14.1. The van der Waals surface area contributed by atoms with Gasteiger partial charge in [0.1, 0.15) is 30.7 Å². The monoisotopic (exact) mass is 1090 g/mol. The summed E-state index contributed by atoms with van der Waals surface area (Å²) in [6.45, 7) is 16.1. The first-order chi connectivity index (χ1) is 36.1. The summed E-state index contributed by atoms with van der Waals surface area (Å²) in [4.78, 5) is 31.0. The van der Waals surface area contributed by atoms with Gasteiger partial charge < -0.3 is 9.13 Å². The number of hydrogen-bond donors (Lipinski definition) is 0. The molecule has 2 saturated heterocycles. The van der Waals surface area contributed by atoms with E-state index in [0.29, 0.717) is 43.4 Å². The number of aromatic nitrogens is 6. The maximum absolute atomic E-state index is 13.2. The standard InChI is InChI=1S/C58H58N8O2S6/c1-7-13-15-33(9-3)31-65-45-23-19-35(39-21-17-37(51-53(39)61-73-59-51)27-49-55(67)63(11-5)57(69)71-49)25-41(45)43-30-48-44(29-47(43)65)42-26-36(20-24-46(42)66(48)32-34(10-4)16-14-8-2)40-22-18-38(52-54(40)62-74-60-52)28-50-56(68)64(12-6)58(70)72-50/h17-30,33-34H,7-16,31-32H2,1-6H3/b49-27-,50-28-. The maximum atomic E-state index is 13.2. The van der Waals surface area contributed by atoms with Gasteiger partial charge in [0.15, 0.2) is 0 Å². The number of carbonyl (C=O) groups is 2. The lowest BCUT2D eigenvalue weighted by atomic mass is 9.98. The second kappa shape index (κ2) is 21.3. The molecule has 0 saturated carbocycles. The van der Waals surface area contributed by atoms with E-state index in [2.05, 4.69) is 110 Å². The van der Waals surface area contributed by atoms with Crippen molar-refractivity contribution in [1.29, 1.82) is 0 Å². The minimum absolute atomic E-state index is 0.0631. The van der Waals surface area contributed by atoms with Crippen molar-refractivity contribution >= 4 is 170 Å². The number of nitrogens with zero attached hydrogens (tertiary/aromatic N) is 8. The second-order valence-electron chi connectivity index (χ2n) is 19.6. The number of rotatable bonds is 18. The lowest BCUT2D eigenvalue weighted by molar-refractivity contribution is -0.122. The molecule has 9 aromatic rings. The van der Waals surface area contributed by atoms with Gasteiger partial charge in [-0.05, 0) is 98.2 Å². The van der Waals surface area contributed by atoms with Gasteiger partial charge in [-0.2, -0.15) is 17.5 Å². The van der Waals surface area contributed by atoms with Crippen molar-refractivity contribution in [3.05, 3.63) is 93.7 Å². The zero-order valence-electron chi connectivity index (χ0n) is 42.6. The first-order valence-electron chi connectivity index (χ1n) is 26.1. The Hall–Kier alpha value is -5.36. The fraction of sp³-hybridized carbons (Fsp3) is 0.345. The highest BCUT2D eigenvalue weighted by atomic mass is 32.2. The Labute approximate surface area is 459 Å². The highest BCUT2D eigenvalue weighted by Crippen LogP contribution is 2.44. The minimum Gasteiger partial charge on any atom is -0.340 e. The van der Waals surface area contributed by atoms with Crippen LogP contribution in [0.3, 0.4) is 0 Å². The summed E-state index contributed by atoms with van der Waals surface area (Å²) in [6, 6.07) is 27.3. The van der Waals surface area contributed by atoms with Crippen molar-refractivity contribution in [2.45, 2.75) is 106 Å². The fourth-order valence-electron chi connectivity index (χ4n) is 11.1.